The number of amides is 1. The Hall–Kier alpha value is -2.20. The molecule has 1 spiro atoms. The molecule has 1 saturated heterocycles. The number of sulfonamides is 1. The Morgan fingerprint density at radius 3 is 2.39 bits per heavy atom. The number of nitrogens with zero attached hydrogens (tertiary/aromatic N) is 2. The van der Waals surface area contributed by atoms with Gasteiger partial charge in [-0.3, -0.25) is 14.6 Å². The van der Waals surface area contributed by atoms with Crippen LogP contribution in [0.5, 0.6) is 0 Å². The molecule has 0 bridgehead atoms. The van der Waals surface area contributed by atoms with Crippen LogP contribution in [0.15, 0.2) is 24.5 Å². The molecule has 2 heterocycles. The van der Waals surface area contributed by atoms with Gasteiger partial charge in [-0.2, -0.15) is 0 Å². The molecule has 36 heavy (non-hydrogen) atoms. The molecule has 1 aromatic rings. The van der Waals surface area contributed by atoms with E-state index in [-0.39, 0.29) is 37.3 Å². The molecule has 0 unspecified atom stereocenters. The second kappa shape index (κ2) is 13.4. The van der Waals surface area contributed by atoms with Crippen LogP contribution in [0.2, 0.25) is 0 Å². The zero-order valence-electron chi connectivity index (χ0n) is 21.7. The van der Waals surface area contributed by atoms with E-state index >= 15 is 0 Å². The molecule has 0 aromatic carbocycles. The maximum absolute atomic E-state index is 12.9. The van der Waals surface area contributed by atoms with Crippen molar-refractivity contribution < 1.29 is 22.7 Å². The van der Waals surface area contributed by atoms with Gasteiger partial charge in [-0.25, -0.2) is 13.1 Å². The third kappa shape index (κ3) is 8.16. The minimum atomic E-state index is -3.46. The third-order valence-corrected chi connectivity index (χ3v) is 9.16. The summed E-state index contributed by atoms with van der Waals surface area (Å²) in [5, 5.41) is 2.90. The summed E-state index contributed by atoms with van der Waals surface area (Å²) in [4.78, 5) is 31.8. The van der Waals surface area contributed by atoms with Gasteiger partial charge in [-0.15, -0.1) is 0 Å². The molecule has 2 N–H and O–H groups in total. The number of hydrogen-bond donors (Lipinski definition) is 2. The molecule has 2 fully saturated rings. The molecule has 1 aromatic heterocycles. The molecule has 202 valence electrons. The lowest BCUT2D eigenvalue weighted by molar-refractivity contribution is -0.147. The van der Waals surface area contributed by atoms with Crippen LogP contribution < -0.4 is 14.9 Å². The monoisotopic (exact) mass is 522 g/mol. The first-order valence-corrected chi connectivity index (χ1v) is 15.0. The van der Waals surface area contributed by atoms with Crippen LogP contribution in [0.25, 0.3) is 0 Å². The molecular weight excluding hydrogens is 480 g/mol. The fourth-order valence-electron chi connectivity index (χ4n) is 5.29. The smallest absolute Gasteiger partial charge is 0.312 e. The summed E-state index contributed by atoms with van der Waals surface area (Å²) in [6, 6.07) is 4.11. The standard InChI is InChI=1S/C26H42N4O5S/c1-3-5-18-36(33,34)29-20-22(25(32)35-4-2)19-28-24(31)21-6-10-26(11-7-21)12-16-30(17-13-26)23-8-14-27-15-9-23/h8-9,14-15,21-22,29H,3-7,10-13,16-20H2,1-2H3,(H,28,31)/t22-/m1/s1. The molecule has 2 aliphatic rings. The van der Waals surface area contributed by atoms with Gasteiger partial charge in [0.1, 0.15) is 0 Å². The number of unbranched alkanes of at least 4 members (excludes halogenated alkanes) is 1. The van der Waals surface area contributed by atoms with E-state index in [1.165, 1.54) is 5.69 Å². The first-order chi connectivity index (χ1) is 17.3. The molecule has 10 heteroatoms. The van der Waals surface area contributed by atoms with E-state index in [0.717, 1.165) is 58.0 Å². The number of aromatic nitrogens is 1. The van der Waals surface area contributed by atoms with Crippen LogP contribution in [0, 0.1) is 17.3 Å². The highest BCUT2D eigenvalue weighted by atomic mass is 32.2. The first kappa shape index (κ1) is 28.4. The van der Waals surface area contributed by atoms with E-state index in [4.69, 9.17) is 4.74 Å². The molecule has 1 atom stereocenters. The maximum atomic E-state index is 12.9. The average Bonchev–Trinajstić information content (AvgIpc) is 2.89. The number of carbonyl (C=O) groups excluding carboxylic acids is 2. The second-order valence-electron chi connectivity index (χ2n) is 10.2. The largest absolute Gasteiger partial charge is 0.466 e. The summed E-state index contributed by atoms with van der Waals surface area (Å²) >= 11 is 0. The van der Waals surface area contributed by atoms with Gasteiger partial charge in [-0.1, -0.05) is 13.3 Å². The Bertz CT molecular complexity index is 938. The minimum absolute atomic E-state index is 0.0234. The van der Waals surface area contributed by atoms with Crippen molar-refractivity contribution in [2.45, 2.75) is 65.2 Å². The second-order valence-corrected chi connectivity index (χ2v) is 12.1. The normalized spacial score (nSPS) is 19.1. The summed E-state index contributed by atoms with van der Waals surface area (Å²) in [6.07, 6.45) is 11.0. The number of esters is 1. The number of nitrogens with one attached hydrogen (secondary N) is 2. The van der Waals surface area contributed by atoms with Gasteiger partial charge >= 0.3 is 5.97 Å². The first-order valence-electron chi connectivity index (χ1n) is 13.3. The van der Waals surface area contributed by atoms with Gasteiger partial charge in [-0.05, 0) is 69.4 Å². The van der Waals surface area contributed by atoms with Crippen LogP contribution in [-0.4, -0.2) is 63.8 Å². The molecule has 3 rings (SSSR count). The fourth-order valence-corrected chi connectivity index (χ4v) is 6.56. The predicted octanol–water partition coefficient (Wildman–Crippen LogP) is 2.87. The number of pyridine rings is 1. The Balaban J connectivity index is 1.45. The zero-order valence-corrected chi connectivity index (χ0v) is 22.5. The summed E-state index contributed by atoms with van der Waals surface area (Å²) in [7, 11) is -3.46. The van der Waals surface area contributed by atoms with Gasteiger partial charge in [0.05, 0.1) is 18.3 Å². The number of rotatable bonds is 12. The van der Waals surface area contributed by atoms with Crippen LogP contribution in [-0.2, 0) is 24.3 Å². The van der Waals surface area contributed by atoms with E-state index < -0.39 is 21.9 Å². The number of piperidine rings is 1. The van der Waals surface area contributed by atoms with Gasteiger partial charge in [0.15, 0.2) is 0 Å². The summed E-state index contributed by atoms with van der Waals surface area (Å²) in [5.74, 6) is -1.35. The molecule has 1 aliphatic carbocycles. The Morgan fingerprint density at radius 2 is 1.78 bits per heavy atom. The minimum Gasteiger partial charge on any atom is -0.466 e. The van der Waals surface area contributed by atoms with Crippen LogP contribution in [0.3, 0.4) is 0 Å². The molecule has 0 radical (unpaired) electrons. The van der Waals surface area contributed by atoms with E-state index in [9.17, 15) is 18.0 Å². The van der Waals surface area contributed by atoms with Crippen molar-refractivity contribution in [2.24, 2.45) is 17.3 Å². The zero-order chi connectivity index (χ0) is 26.0. The molecule has 9 nitrogen and oxygen atoms in total. The van der Waals surface area contributed by atoms with Gasteiger partial charge < -0.3 is 15.0 Å². The highest BCUT2D eigenvalue weighted by molar-refractivity contribution is 7.89. The number of ether oxygens (including phenoxy) is 1. The average molecular weight is 523 g/mol. The van der Waals surface area contributed by atoms with Gasteiger partial charge in [0.25, 0.3) is 0 Å². The third-order valence-electron chi connectivity index (χ3n) is 7.73. The van der Waals surface area contributed by atoms with E-state index in [1.54, 1.807) is 6.92 Å². The van der Waals surface area contributed by atoms with Crippen molar-refractivity contribution in [3.63, 3.8) is 0 Å². The quantitative estimate of drug-likeness (QED) is 0.405. The Labute approximate surface area is 215 Å². The summed E-state index contributed by atoms with van der Waals surface area (Å²) < 4.78 is 31.9. The Kier molecular flexibility index (Phi) is 10.5. The van der Waals surface area contributed by atoms with Crippen LogP contribution in [0.1, 0.15) is 65.2 Å². The van der Waals surface area contributed by atoms with Crippen molar-refractivity contribution in [1.29, 1.82) is 0 Å². The van der Waals surface area contributed by atoms with Crippen LogP contribution in [0.4, 0.5) is 5.69 Å². The molecule has 1 saturated carbocycles. The highest BCUT2D eigenvalue weighted by Gasteiger charge is 2.40. The molecular formula is C26H42N4O5S. The van der Waals surface area contributed by atoms with Crippen molar-refractivity contribution in [2.75, 3.05) is 43.4 Å². The predicted molar refractivity (Wildman–Crippen MR) is 140 cm³/mol. The van der Waals surface area contributed by atoms with Gasteiger partial charge in [0.2, 0.25) is 15.9 Å². The van der Waals surface area contributed by atoms with E-state index in [1.807, 2.05) is 19.3 Å². The van der Waals surface area contributed by atoms with E-state index in [2.05, 4.69) is 32.1 Å². The summed E-state index contributed by atoms with van der Waals surface area (Å²) in [5.41, 5.74) is 1.53. The maximum Gasteiger partial charge on any atom is 0.312 e. The van der Waals surface area contributed by atoms with Crippen molar-refractivity contribution in [3.8, 4) is 0 Å². The lowest BCUT2D eigenvalue weighted by Gasteiger charge is -2.46. The highest BCUT2D eigenvalue weighted by Crippen LogP contribution is 2.46. The Morgan fingerprint density at radius 1 is 1.11 bits per heavy atom. The van der Waals surface area contributed by atoms with Crippen LogP contribution >= 0.6 is 0 Å². The topological polar surface area (TPSA) is 118 Å². The SMILES string of the molecule is CCCCS(=O)(=O)NC[C@@H](CNC(=O)C1CCC2(CC1)CCN(c1ccncc1)CC2)C(=O)OCC. The number of hydrogen-bond acceptors (Lipinski definition) is 7. The fraction of sp³-hybridized carbons (Fsp3) is 0.731. The van der Waals surface area contributed by atoms with Gasteiger partial charge in [0, 0.05) is 50.2 Å². The number of carbonyl (C=O) groups is 2. The van der Waals surface area contributed by atoms with Crippen molar-refractivity contribution in [3.05, 3.63) is 24.5 Å². The molecule has 1 aliphatic heterocycles. The van der Waals surface area contributed by atoms with E-state index in [0.29, 0.717) is 11.8 Å². The lowest BCUT2D eigenvalue weighted by Crippen LogP contribution is -2.45. The van der Waals surface area contributed by atoms with Crippen molar-refractivity contribution >= 4 is 27.6 Å². The molecule has 1 amide bonds. The lowest BCUT2D eigenvalue weighted by atomic mass is 9.65. The van der Waals surface area contributed by atoms with Crippen molar-refractivity contribution in [1.82, 2.24) is 15.0 Å². The summed E-state index contributed by atoms with van der Waals surface area (Å²) in [6.45, 7) is 5.87. The number of anilines is 1.